The van der Waals surface area contributed by atoms with Crippen LogP contribution < -0.4 is 0 Å². The van der Waals surface area contributed by atoms with Crippen LogP contribution in [0.15, 0.2) is 0 Å². The Morgan fingerprint density at radius 3 is 1.61 bits per heavy atom. The van der Waals surface area contributed by atoms with E-state index < -0.39 is 25.4 Å². The van der Waals surface area contributed by atoms with Crippen LogP contribution in [0.3, 0.4) is 0 Å². The van der Waals surface area contributed by atoms with E-state index in [2.05, 4.69) is 39.3 Å². The molecule has 0 atom stereocenters. The van der Waals surface area contributed by atoms with Crippen LogP contribution in [0.2, 0.25) is 45.3 Å². The third kappa shape index (κ3) is 8.84. The van der Waals surface area contributed by atoms with Crippen molar-refractivity contribution < 1.29 is 12.7 Å². The Morgan fingerprint density at radius 2 is 1.33 bits per heavy atom. The minimum absolute atomic E-state index is 0.631. The fraction of sp³-hybridized carbons (Fsp3) is 1.00. The molecule has 0 aromatic rings. The maximum absolute atomic E-state index is 6.35. The minimum atomic E-state index is -2.55. The van der Waals surface area contributed by atoms with Crippen molar-refractivity contribution in [2.45, 2.75) is 58.7 Å². The molecule has 0 spiro atoms. The highest BCUT2D eigenvalue weighted by Gasteiger charge is 2.46. The van der Waals surface area contributed by atoms with Gasteiger partial charge >= 0.3 is 8.80 Å². The van der Waals surface area contributed by atoms with E-state index in [0.29, 0.717) is 12.5 Å². The zero-order chi connectivity index (χ0) is 14.4. The molecule has 0 aromatic heterocycles. The topological polar surface area (TPSA) is 27.7 Å². The van der Waals surface area contributed by atoms with Crippen molar-refractivity contribution >= 4 is 37.0 Å². The Morgan fingerprint density at radius 1 is 0.889 bits per heavy atom. The zero-order valence-corrected chi connectivity index (χ0v) is 16.7. The summed E-state index contributed by atoms with van der Waals surface area (Å²) in [5, 5.41) is 0. The van der Waals surface area contributed by atoms with Gasteiger partial charge in [0.05, 0.1) is 0 Å². The summed E-state index contributed by atoms with van der Waals surface area (Å²) in [5.74, 6) is 0.631. The summed E-state index contributed by atoms with van der Waals surface area (Å²) < 4.78 is 18.7. The Hall–Kier alpha value is 0.821. The lowest BCUT2D eigenvalue weighted by molar-refractivity contribution is 0.168. The molecule has 0 heterocycles. The van der Waals surface area contributed by atoms with E-state index in [4.69, 9.17) is 24.3 Å². The average molecular weight is 329 g/mol. The van der Waals surface area contributed by atoms with Gasteiger partial charge in [-0.05, 0) is 52.6 Å². The lowest BCUT2D eigenvalue weighted by atomic mass is 10.6. The molecular weight excluding hydrogens is 300 g/mol. The molecule has 0 fully saturated rings. The monoisotopic (exact) mass is 328 g/mol. The van der Waals surface area contributed by atoms with Crippen molar-refractivity contribution in [1.29, 1.82) is 0 Å². The first kappa shape index (κ1) is 18.8. The van der Waals surface area contributed by atoms with Crippen LogP contribution in [0, 0.1) is 0 Å². The van der Waals surface area contributed by atoms with Gasteiger partial charge in [-0.15, -0.1) is 11.6 Å². The average Bonchev–Trinajstić information content (AvgIpc) is 2.09. The Kier molecular flexibility index (Phi) is 7.91. The first-order chi connectivity index (χ1) is 8.04. The van der Waals surface area contributed by atoms with Gasteiger partial charge in [0.1, 0.15) is 0 Å². The molecule has 0 aliphatic rings. The molecule has 0 aromatic carbocycles. The van der Waals surface area contributed by atoms with Crippen LogP contribution in [0.1, 0.15) is 13.3 Å². The lowest BCUT2D eigenvalue weighted by Crippen LogP contribution is -2.56. The van der Waals surface area contributed by atoms with Crippen LogP contribution in [-0.4, -0.2) is 37.9 Å². The highest BCUT2D eigenvalue weighted by Crippen LogP contribution is 2.26. The highest BCUT2D eigenvalue weighted by atomic mass is 35.5. The van der Waals surface area contributed by atoms with E-state index >= 15 is 0 Å². The number of hydrogen-bond donors (Lipinski definition) is 0. The van der Waals surface area contributed by atoms with Crippen LogP contribution in [0.25, 0.3) is 0 Å². The summed E-state index contributed by atoms with van der Waals surface area (Å²) >= 11 is 5.83. The smallest absolute Gasteiger partial charge is 0.416 e. The predicted octanol–water partition coefficient (Wildman–Crippen LogP) is 4.29. The molecule has 7 heteroatoms. The van der Waals surface area contributed by atoms with Gasteiger partial charge in [0.2, 0.25) is 0 Å². The van der Waals surface area contributed by atoms with E-state index in [-0.39, 0.29) is 0 Å². The predicted molar refractivity (Wildman–Crippen MR) is 86.4 cm³/mol. The third-order valence-corrected chi connectivity index (χ3v) is 11.3. The zero-order valence-electron chi connectivity index (χ0n) is 12.9. The second-order valence-electron chi connectivity index (χ2n) is 6.34. The molecule has 0 rings (SSSR count). The van der Waals surface area contributed by atoms with Crippen molar-refractivity contribution in [3.63, 3.8) is 0 Å². The quantitative estimate of drug-likeness (QED) is 0.466. The Balaban J connectivity index is 5.01. The number of rotatable bonds is 9. The molecule has 3 nitrogen and oxygen atoms in total. The molecule has 0 radical (unpaired) electrons. The van der Waals surface area contributed by atoms with Crippen LogP contribution in [0.5, 0.6) is 0 Å². The molecule has 110 valence electrons. The largest absolute Gasteiger partial charge is 0.480 e. The summed E-state index contributed by atoms with van der Waals surface area (Å²) in [6.07, 6.45) is 0.892. The molecular formula is C11H29ClO3Si3. The van der Waals surface area contributed by atoms with E-state index in [1.807, 2.05) is 6.92 Å². The van der Waals surface area contributed by atoms with Crippen LogP contribution in [0.4, 0.5) is 0 Å². The van der Waals surface area contributed by atoms with Gasteiger partial charge in [-0.25, -0.2) is 0 Å². The van der Waals surface area contributed by atoms with Gasteiger partial charge in [0, 0.05) is 18.5 Å². The first-order valence-corrected chi connectivity index (χ1v) is 15.9. The van der Waals surface area contributed by atoms with Crippen molar-refractivity contribution in [1.82, 2.24) is 0 Å². The summed E-state index contributed by atoms with van der Waals surface area (Å²) in [7, 11) is -5.93. The van der Waals surface area contributed by atoms with Crippen molar-refractivity contribution in [2.24, 2.45) is 0 Å². The summed E-state index contributed by atoms with van der Waals surface area (Å²) in [5.41, 5.74) is 0. The van der Waals surface area contributed by atoms with Gasteiger partial charge in [0.15, 0.2) is 16.6 Å². The molecule has 0 aliphatic heterocycles. The molecule has 0 bridgehead atoms. The summed E-state index contributed by atoms with van der Waals surface area (Å²) in [6.45, 7) is 15.7. The van der Waals surface area contributed by atoms with E-state index in [1.54, 1.807) is 0 Å². The molecule has 0 saturated carbocycles. The lowest BCUT2D eigenvalue weighted by Gasteiger charge is -2.39. The van der Waals surface area contributed by atoms with Crippen molar-refractivity contribution in [3.8, 4) is 0 Å². The maximum atomic E-state index is 6.35. The molecule has 0 N–H and O–H groups in total. The summed E-state index contributed by atoms with van der Waals surface area (Å²) in [4.78, 5) is 0. The Labute approximate surface area is 121 Å². The van der Waals surface area contributed by atoms with Crippen LogP contribution in [-0.2, 0) is 12.7 Å². The minimum Gasteiger partial charge on any atom is -0.416 e. The van der Waals surface area contributed by atoms with Gasteiger partial charge in [-0.1, -0.05) is 0 Å². The van der Waals surface area contributed by atoms with E-state index in [1.165, 1.54) is 0 Å². The maximum Gasteiger partial charge on any atom is 0.480 e. The third-order valence-electron chi connectivity index (χ3n) is 1.90. The number of hydrogen-bond acceptors (Lipinski definition) is 3. The molecule has 0 aliphatic carbocycles. The molecule has 0 unspecified atom stereocenters. The van der Waals surface area contributed by atoms with Crippen LogP contribution >= 0.6 is 11.6 Å². The van der Waals surface area contributed by atoms with Crippen molar-refractivity contribution in [2.75, 3.05) is 12.5 Å². The van der Waals surface area contributed by atoms with Gasteiger partial charge in [0.25, 0.3) is 0 Å². The number of halogens is 1. The fourth-order valence-electron chi connectivity index (χ4n) is 1.69. The summed E-state index contributed by atoms with van der Waals surface area (Å²) in [6, 6.07) is 0.832. The fourth-order valence-corrected chi connectivity index (χ4v) is 12.5. The Bertz CT molecular complexity index is 223. The van der Waals surface area contributed by atoms with Crippen molar-refractivity contribution in [3.05, 3.63) is 0 Å². The van der Waals surface area contributed by atoms with Gasteiger partial charge in [-0.2, -0.15) is 0 Å². The standard InChI is InChI=1S/C11H29ClO3Si3/c1-8-13-18(11-9-10-12,14-16(2,3)4)15-17(5,6)7/h8-11H2,1-7H3. The van der Waals surface area contributed by atoms with Gasteiger partial charge < -0.3 is 12.7 Å². The first-order valence-electron chi connectivity index (χ1n) is 6.64. The number of alkyl halides is 1. The highest BCUT2D eigenvalue weighted by molar-refractivity contribution is 6.85. The molecule has 0 saturated heterocycles. The second kappa shape index (κ2) is 7.56. The normalized spacial score (nSPS) is 14.0. The second-order valence-corrected chi connectivity index (χ2v) is 19.0. The van der Waals surface area contributed by atoms with Gasteiger partial charge in [-0.3, -0.25) is 0 Å². The SMILES string of the molecule is CCO[Si](CCCCl)(O[Si](C)(C)C)O[Si](C)(C)C. The molecule has 0 amide bonds. The van der Waals surface area contributed by atoms with E-state index in [0.717, 1.165) is 12.5 Å². The van der Waals surface area contributed by atoms with E-state index in [9.17, 15) is 0 Å². The molecule has 18 heavy (non-hydrogen) atoms.